The van der Waals surface area contributed by atoms with Crippen LogP contribution in [0, 0.1) is 0 Å². The van der Waals surface area contributed by atoms with Crippen LogP contribution in [0.2, 0.25) is 0 Å². The molecule has 0 heterocycles. The Morgan fingerprint density at radius 1 is 0.329 bits per heavy atom. The van der Waals surface area contributed by atoms with Gasteiger partial charge in [0, 0.05) is 12.8 Å². The number of carbonyl (C=O) groups is 2. The van der Waals surface area contributed by atoms with Gasteiger partial charge in [-0.15, -0.1) is 0 Å². The first kappa shape index (κ1) is 83.1. The standard InChI is InChI=1S/C79H151NO5/c1-3-5-7-9-11-13-15-17-18-44-48-51-55-59-63-67-71-77(82)76(75-81)80-78(83)72-68-64-60-56-52-49-45-42-40-38-36-34-32-30-28-26-24-22-20-19-21-23-25-27-29-31-33-35-37-39-41-43-46-50-54-58-62-66-70-74-85-79(84)73-69-65-61-57-53-47-16-14-12-10-8-6-4-2/h19-20,23,25,67,71,76-77,81-82H,3-18,21-22,24,26-66,68-70,72-75H2,1-2H3,(H,80,83)/b20-19-,25-23-,71-67+. The zero-order chi connectivity index (χ0) is 61.3. The van der Waals surface area contributed by atoms with E-state index in [1.165, 1.54) is 360 Å². The summed E-state index contributed by atoms with van der Waals surface area (Å²) in [6, 6.07) is -0.626. The van der Waals surface area contributed by atoms with Crippen molar-refractivity contribution in [2.45, 2.75) is 443 Å². The van der Waals surface area contributed by atoms with Crippen molar-refractivity contribution in [3.63, 3.8) is 0 Å². The van der Waals surface area contributed by atoms with Crippen LogP contribution in [0.25, 0.3) is 0 Å². The van der Waals surface area contributed by atoms with Gasteiger partial charge in [-0.3, -0.25) is 9.59 Å². The van der Waals surface area contributed by atoms with Gasteiger partial charge in [0.15, 0.2) is 0 Å². The number of unbranched alkanes of at least 4 members (excludes halogenated alkanes) is 58. The first-order chi connectivity index (χ1) is 42.0. The molecule has 6 heteroatoms. The SMILES string of the molecule is CCCCCCCCCCCCCCCC/C=C/C(O)C(CO)NC(=O)CCCCCCCCCCCCCCCCCCC/C=C\C/C=C\CCCCCCCCCCCCCCCCCOC(=O)CCCCCCCCCCCCCCC. The molecule has 0 radical (unpaired) electrons. The van der Waals surface area contributed by atoms with Crippen LogP contribution in [0.3, 0.4) is 0 Å². The first-order valence-corrected chi connectivity index (χ1v) is 38.8. The lowest BCUT2D eigenvalue weighted by Crippen LogP contribution is -2.45. The van der Waals surface area contributed by atoms with Crippen LogP contribution in [0.5, 0.6) is 0 Å². The first-order valence-electron chi connectivity index (χ1n) is 38.8. The summed E-state index contributed by atoms with van der Waals surface area (Å²) in [5.74, 6) is -0.0397. The van der Waals surface area contributed by atoms with Crippen molar-refractivity contribution in [1.82, 2.24) is 5.32 Å². The van der Waals surface area contributed by atoms with Crippen molar-refractivity contribution in [2.75, 3.05) is 13.2 Å². The van der Waals surface area contributed by atoms with E-state index in [4.69, 9.17) is 4.74 Å². The Labute approximate surface area is 532 Å². The summed E-state index contributed by atoms with van der Waals surface area (Å²) < 4.78 is 5.49. The van der Waals surface area contributed by atoms with Gasteiger partial charge in [0.25, 0.3) is 0 Å². The molecule has 0 aromatic carbocycles. The highest BCUT2D eigenvalue weighted by atomic mass is 16.5. The predicted molar refractivity (Wildman–Crippen MR) is 375 cm³/mol. The summed E-state index contributed by atoms with van der Waals surface area (Å²) >= 11 is 0. The van der Waals surface area contributed by atoms with Crippen LogP contribution in [0.15, 0.2) is 36.5 Å². The Balaban J connectivity index is 3.36. The summed E-state index contributed by atoms with van der Waals surface area (Å²) in [7, 11) is 0. The van der Waals surface area contributed by atoms with Crippen molar-refractivity contribution in [3.8, 4) is 0 Å². The number of rotatable bonds is 73. The Kier molecular flexibility index (Phi) is 72.9. The molecule has 0 aliphatic carbocycles. The van der Waals surface area contributed by atoms with E-state index in [0.29, 0.717) is 19.4 Å². The highest BCUT2D eigenvalue weighted by molar-refractivity contribution is 5.76. The Morgan fingerprint density at radius 3 is 0.894 bits per heavy atom. The molecule has 2 atom stereocenters. The van der Waals surface area contributed by atoms with Gasteiger partial charge < -0.3 is 20.3 Å². The van der Waals surface area contributed by atoms with Crippen molar-refractivity contribution in [1.29, 1.82) is 0 Å². The van der Waals surface area contributed by atoms with Crippen molar-refractivity contribution >= 4 is 11.9 Å². The maximum Gasteiger partial charge on any atom is 0.305 e. The molecular weight excluding hydrogens is 1040 g/mol. The second kappa shape index (κ2) is 74.5. The predicted octanol–water partition coefficient (Wildman–Crippen LogP) is 25.4. The van der Waals surface area contributed by atoms with Gasteiger partial charge in [-0.05, 0) is 64.2 Å². The minimum Gasteiger partial charge on any atom is -0.466 e. The zero-order valence-corrected chi connectivity index (χ0v) is 57.6. The van der Waals surface area contributed by atoms with Crippen molar-refractivity contribution < 1.29 is 24.5 Å². The zero-order valence-electron chi connectivity index (χ0n) is 57.6. The fourth-order valence-electron chi connectivity index (χ4n) is 12.3. The number of amides is 1. The third kappa shape index (κ3) is 71.0. The Hall–Kier alpha value is -1.92. The second-order valence-electron chi connectivity index (χ2n) is 26.7. The Morgan fingerprint density at radius 2 is 0.588 bits per heavy atom. The van der Waals surface area contributed by atoms with E-state index in [9.17, 15) is 19.8 Å². The highest BCUT2D eigenvalue weighted by Crippen LogP contribution is 2.19. The van der Waals surface area contributed by atoms with Gasteiger partial charge >= 0.3 is 5.97 Å². The molecule has 0 aromatic heterocycles. The molecule has 0 rings (SSSR count). The number of nitrogens with one attached hydrogen (secondary N) is 1. The largest absolute Gasteiger partial charge is 0.466 e. The number of aliphatic hydroxyl groups is 2. The van der Waals surface area contributed by atoms with E-state index in [2.05, 4.69) is 43.5 Å². The Bertz CT molecular complexity index is 1380. The maximum absolute atomic E-state index is 12.5. The van der Waals surface area contributed by atoms with Crippen LogP contribution < -0.4 is 5.32 Å². The quantitative estimate of drug-likeness (QED) is 0.0320. The van der Waals surface area contributed by atoms with E-state index in [1.54, 1.807) is 6.08 Å². The minimum absolute atomic E-state index is 0.0222. The van der Waals surface area contributed by atoms with Crippen LogP contribution in [-0.2, 0) is 14.3 Å². The molecule has 6 nitrogen and oxygen atoms in total. The van der Waals surface area contributed by atoms with Crippen molar-refractivity contribution in [3.05, 3.63) is 36.5 Å². The average Bonchev–Trinajstić information content (AvgIpc) is 3.54. The number of ether oxygens (including phenoxy) is 1. The third-order valence-corrected chi connectivity index (χ3v) is 18.2. The molecule has 502 valence electrons. The van der Waals surface area contributed by atoms with Gasteiger partial charge in [-0.2, -0.15) is 0 Å². The summed E-state index contributed by atoms with van der Waals surface area (Å²) in [6.07, 6.45) is 97.0. The molecular formula is C79H151NO5. The molecule has 3 N–H and O–H groups in total. The summed E-state index contributed by atoms with van der Waals surface area (Å²) in [4.78, 5) is 24.6. The van der Waals surface area contributed by atoms with Gasteiger partial charge in [0.2, 0.25) is 5.91 Å². The molecule has 0 spiro atoms. The number of allylic oxidation sites excluding steroid dienone is 5. The molecule has 0 aliphatic rings. The number of carbonyl (C=O) groups excluding carboxylic acids is 2. The van der Waals surface area contributed by atoms with Crippen LogP contribution >= 0.6 is 0 Å². The van der Waals surface area contributed by atoms with Crippen LogP contribution in [0.4, 0.5) is 0 Å². The maximum atomic E-state index is 12.5. The molecule has 0 saturated carbocycles. The highest BCUT2D eigenvalue weighted by Gasteiger charge is 2.18. The third-order valence-electron chi connectivity index (χ3n) is 18.2. The van der Waals surface area contributed by atoms with E-state index in [-0.39, 0.29) is 18.5 Å². The fourth-order valence-corrected chi connectivity index (χ4v) is 12.3. The normalized spacial score (nSPS) is 12.7. The average molecular weight is 1200 g/mol. The molecule has 2 unspecified atom stereocenters. The molecule has 0 bridgehead atoms. The summed E-state index contributed by atoms with van der Waals surface area (Å²) in [5.41, 5.74) is 0. The van der Waals surface area contributed by atoms with Gasteiger partial charge in [-0.25, -0.2) is 0 Å². The van der Waals surface area contributed by atoms with Gasteiger partial charge in [0.1, 0.15) is 0 Å². The number of aliphatic hydroxyl groups excluding tert-OH is 2. The lowest BCUT2D eigenvalue weighted by atomic mass is 10.0. The van der Waals surface area contributed by atoms with E-state index in [1.807, 2.05) is 6.08 Å². The minimum atomic E-state index is -0.842. The number of hydrogen-bond acceptors (Lipinski definition) is 5. The van der Waals surface area contributed by atoms with E-state index >= 15 is 0 Å². The summed E-state index contributed by atoms with van der Waals surface area (Å²) in [5, 5.41) is 23.2. The van der Waals surface area contributed by atoms with Crippen LogP contribution in [0.1, 0.15) is 431 Å². The van der Waals surface area contributed by atoms with Crippen LogP contribution in [-0.4, -0.2) is 47.4 Å². The topological polar surface area (TPSA) is 95.9 Å². The molecule has 0 aliphatic heterocycles. The smallest absolute Gasteiger partial charge is 0.305 e. The number of esters is 1. The monoisotopic (exact) mass is 1190 g/mol. The fraction of sp³-hybridized carbons (Fsp3) is 0.899. The number of hydrogen-bond donors (Lipinski definition) is 3. The van der Waals surface area contributed by atoms with E-state index < -0.39 is 12.1 Å². The molecule has 1 amide bonds. The van der Waals surface area contributed by atoms with Gasteiger partial charge in [0.05, 0.1) is 25.4 Å². The van der Waals surface area contributed by atoms with E-state index in [0.717, 1.165) is 44.9 Å². The molecule has 85 heavy (non-hydrogen) atoms. The lowest BCUT2D eigenvalue weighted by molar-refractivity contribution is -0.143. The molecule has 0 fully saturated rings. The lowest BCUT2D eigenvalue weighted by Gasteiger charge is -2.20. The van der Waals surface area contributed by atoms with Crippen molar-refractivity contribution in [2.24, 2.45) is 0 Å². The van der Waals surface area contributed by atoms with Gasteiger partial charge in [-0.1, -0.05) is 391 Å². The molecule has 0 saturated heterocycles. The summed E-state index contributed by atoms with van der Waals surface area (Å²) in [6.45, 7) is 4.94. The second-order valence-corrected chi connectivity index (χ2v) is 26.7. The molecule has 0 aromatic rings.